The van der Waals surface area contributed by atoms with Crippen LogP contribution >= 0.6 is 0 Å². The number of carbonyl (C=O) groups is 3. The first-order valence-corrected chi connectivity index (χ1v) is 6.74. The molecule has 3 unspecified atom stereocenters. The molecule has 0 aromatic heterocycles. The van der Waals surface area contributed by atoms with Crippen molar-refractivity contribution < 1.29 is 14.4 Å². The molecule has 0 radical (unpaired) electrons. The van der Waals surface area contributed by atoms with Gasteiger partial charge in [0.1, 0.15) is 0 Å². The highest BCUT2D eigenvalue weighted by Gasteiger charge is 2.41. The number of hydrogen-bond acceptors (Lipinski definition) is 3. The number of Topliss-reactive ketones (excluding diaryl/α,β-unsaturated/α-hetero) is 1. The van der Waals surface area contributed by atoms with Crippen LogP contribution in [0.15, 0.2) is 0 Å². The van der Waals surface area contributed by atoms with E-state index in [0.717, 1.165) is 19.3 Å². The average molecular weight is 252 g/mol. The highest BCUT2D eigenvalue weighted by atomic mass is 16.2. The van der Waals surface area contributed by atoms with E-state index in [4.69, 9.17) is 0 Å². The first-order chi connectivity index (χ1) is 8.63. The van der Waals surface area contributed by atoms with Gasteiger partial charge in [0.2, 0.25) is 11.8 Å². The number of nitrogens with one attached hydrogen (secondary N) is 2. The summed E-state index contributed by atoms with van der Waals surface area (Å²) in [5, 5.41) is 5.49. The van der Waals surface area contributed by atoms with Crippen LogP contribution in [-0.2, 0) is 14.4 Å². The minimum Gasteiger partial charge on any atom is -0.356 e. The number of ketones is 1. The van der Waals surface area contributed by atoms with E-state index in [1.54, 1.807) is 0 Å². The van der Waals surface area contributed by atoms with Gasteiger partial charge in [0.25, 0.3) is 0 Å². The third kappa shape index (κ3) is 2.54. The minimum atomic E-state index is -0.363. The fourth-order valence-corrected chi connectivity index (χ4v) is 3.01. The van der Waals surface area contributed by atoms with Gasteiger partial charge in [0, 0.05) is 24.8 Å². The van der Waals surface area contributed by atoms with Gasteiger partial charge in [-0.1, -0.05) is 6.42 Å². The van der Waals surface area contributed by atoms with Crippen LogP contribution in [-0.4, -0.2) is 30.2 Å². The summed E-state index contributed by atoms with van der Waals surface area (Å²) in [4.78, 5) is 35.4. The number of rotatable bonds is 4. The number of amides is 2. The molecule has 3 atom stereocenters. The quantitative estimate of drug-likeness (QED) is 0.760. The van der Waals surface area contributed by atoms with Crippen LogP contribution in [0.4, 0.5) is 0 Å². The Labute approximate surface area is 107 Å². The van der Waals surface area contributed by atoms with Crippen LogP contribution in [0, 0.1) is 11.8 Å². The molecule has 5 heteroatoms. The summed E-state index contributed by atoms with van der Waals surface area (Å²) in [6.07, 6.45) is 3.47. The predicted molar refractivity (Wildman–Crippen MR) is 65.7 cm³/mol. The summed E-state index contributed by atoms with van der Waals surface area (Å²) in [5.74, 6) is -0.428. The number of hydrogen-bond donors (Lipinski definition) is 2. The molecule has 2 aliphatic rings. The molecular weight excluding hydrogens is 232 g/mol. The summed E-state index contributed by atoms with van der Waals surface area (Å²) in [5.41, 5.74) is 0. The molecule has 5 nitrogen and oxygen atoms in total. The van der Waals surface area contributed by atoms with Crippen molar-refractivity contribution >= 4 is 17.6 Å². The highest BCUT2D eigenvalue weighted by Crippen LogP contribution is 2.34. The van der Waals surface area contributed by atoms with Gasteiger partial charge < -0.3 is 10.6 Å². The molecular formula is C13H20N2O3. The molecule has 1 saturated heterocycles. The fraction of sp³-hybridized carbons (Fsp3) is 0.769. The van der Waals surface area contributed by atoms with Crippen LogP contribution in [0.1, 0.15) is 39.0 Å². The van der Waals surface area contributed by atoms with Crippen LogP contribution in [0.2, 0.25) is 0 Å². The first-order valence-electron chi connectivity index (χ1n) is 6.74. The second-order valence-corrected chi connectivity index (χ2v) is 5.10. The van der Waals surface area contributed by atoms with Gasteiger partial charge >= 0.3 is 0 Å². The van der Waals surface area contributed by atoms with Crippen LogP contribution < -0.4 is 10.6 Å². The zero-order valence-electron chi connectivity index (χ0n) is 10.7. The van der Waals surface area contributed by atoms with E-state index in [2.05, 4.69) is 10.6 Å². The van der Waals surface area contributed by atoms with Crippen molar-refractivity contribution in [2.45, 2.75) is 45.1 Å². The van der Waals surface area contributed by atoms with E-state index in [1.807, 2.05) is 6.92 Å². The lowest BCUT2D eigenvalue weighted by Crippen LogP contribution is -2.42. The lowest BCUT2D eigenvalue weighted by atomic mass is 9.87. The SMILES string of the molecule is CCNC(=O)C1CCCC1C(=O)C1CCC(=O)N1. The Kier molecular flexibility index (Phi) is 3.99. The number of carbonyl (C=O) groups excluding carboxylic acids is 3. The molecule has 0 spiro atoms. The summed E-state index contributed by atoms with van der Waals surface area (Å²) in [6, 6.07) is -0.363. The molecule has 2 fully saturated rings. The van der Waals surface area contributed by atoms with Crippen molar-refractivity contribution in [3.8, 4) is 0 Å². The molecule has 1 aliphatic carbocycles. The predicted octanol–water partition coefficient (Wildman–Crippen LogP) is 0.386. The molecule has 0 aromatic rings. The van der Waals surface area contributed by atoms with E-state index < -0.39 is 0 Å². The maximum Gasteiger partial charge on any atom is 0.223 e. The monoisotopic (exact) mass is 252 g/mol. The van der Waals surface area contributed by atoms with E-state index in [1.165, 1.54) is 0 Å². The average Bonchev–Trinajstić information content (AvgIpc) is 2.96. The van der Waals surface area contributed by atoms with E-state index in [-0.39, 0.29) is 35.5 Å². The van der Waals surface area contributed by atoms with E-state index in [0.29, 0.717) is 19.4 Å². The molecule has 2 amide bonds. The second kappa shape index (κ2) is 5.50. The fourth-order valence-electron chi connectivity index (χ4n) is 3.01. The molecule has 1 aliphatic heterocycles. The largest absolute Gasteiger partial charge is 0.356 e. The van der Waals surface area contributed by atoms with Gasteiger partial charge in [-0.15, -0.1) is 0 Å². The lowest BCUT2D eigenvalue weighted by molar-refractivity contribution is -0.133. The normalized spacial score (nSPS) is 31.2. The standard InChI is InChI=1S/C13H20N2O3/c1-2-14-13(18)9-5-3-4-8(9)12(17)10-6-7-11(16)15-10/h8-10H,2-7H2,1H3,(H,14,18)(H,15,16). The molecule has 1 saturated carbocycles. The molecule has 1 heterocycles. The molecule has 2 N–H and O–H groups in total. The summed E-state index contributed by atoms with van der Waals surface area (Å²) in [7, 11) is 0. The van der Waals surface area contributed by atoms with Gasteiger partial charge in [-0.25, -0.2) is 0 Å². The maximum absolute atomic E-state index is 12.3. The van der Waals surface area contributed by atoms with Gasteiger partial charge in [0.15, 0.2) is 5.78 Å². The van der Waals surface area contributed by atoms with Crippen LogP contribution in [0.3, 0.4) is 0 Å². The maximum atomic E-state index is 12.3. The molecule has 100 valence electrons. The minimum absolute atomic E-state index is 0.0160. The smallest absolute Gasteiger partial charge is 0.223 e. The Morgan fingerprint density at radius 3 is 2.61 bits per heavy atom. The van der Waals surface area contributed by atoms with Gasteiger partial charge in [-0.2, -0.15) is 0 Å². The van der Waals surface area contributed by atoms with Crippen LogP contribution in [0.5, 0.6) is 0 Å². The van der Waals surface area contributed by atoms with Crippen molar-refractivity contribution in [2.75, 3.05) is 6.54 Å². The third-order valence-electron chi connectivity index (χ3n) is 3.91. The van der Waals surface area contributed by atoms with Crippen molar-refractivity contribution in [3.05, 3.63) is 0 Å². The zero-order chi connectivity index (χ0) is 13.1. The first kappa shape index (κ1) is 13.1. The molecule has 18 heavy (non-hydrogen) atoms. The molecule has 0 aromatic carbocycles. The lowest BCUT2D eigenvalue weighted by Gasteiger charge is -2.20. The van der Waals surface area contributed by atoms with E-state index >= 15 is 0 Å². The van der Waals surface area contributed by atoms with Crippen molar-refractivity contribution in [1.82, 2.24) is 10.6 Å². The van der Waals surface area contributed by atoms with Crippen molar-refractivity contribution in [3.63, 3.8) is 0 Å². The zero-order valence-corrected chi connectivity index (χ0v) is 10.7. The second-order valence-electron chi connectivity index (χ2n) is 5.10. The molecule has 2 rings (SSSR count). The van der Waals surface area contributed by atoms with Gasteiger partial charge in [0.05, 0.1) is 6.04 Å². The third-order valence-corrected chi connectivity index (χ3v) is 3.91. The van der Waals surface area contributed by atoms with Crippen molar-refractivity contribution in [2.24, 2.45) is 11.8 Å². The highest BCUT2D eigenvalue weighted by molar-refractivity contribution is 5.96. The Bertz CT molecular complexity index is 367. The van der Waals surface area contributed by atoms with Crippen molar-refractivity contribution in [1.29, 1.82) is 0 Å². The Balaban J connectivity index is 2.00. The Hall–Kier alpha value is -1.39. The molecule has 0 bridgehead atoms. The van der Waals surface area contributed by atoms with Gasteiger partial charge in [-0.05, 0) is 26.2 Å². The summed E-state index contributed by atoms with van der Waals surface area (Å²) >= 11 is 0. The topological polar surface area (TPSA) is 75.3 Å². The Morgan fingerprint density at radius 1 is 1.28 bits per heavy atom. The van der Waals surface area contributed by atoms with Gasteiger partial charge in [-0.3, -0.25) is 14.4 Å². The van der Waals surface area contributed by atoms with Crippen LogP contribution in [0.25, 0.3) is 0 Å². The summed E-state index contributed by atoms with van der Waals surface area (Å²) in [6.45, 7) is 2.47. The van der Waals surface area contributed by atoms with E-state index in [9.17, 15) is 14.4 Å². The summed E-state index contributed by atoms with van der Waals surface area (Å²) < 4.78 is 0. The Morgan fingerprint density at radius 2 is 2.00 bits per heavy atom.